The lowest BCUT2D eigenvalue weighted by molar-refractivity contribution is -0.870. The van der Waals surface area contributed by atoms with Crippen LogP contribution in [-0.2, 0) is 27.9 Å². The molecule has 0 saturated carbocycles. The van der Waals surface area contributed by atoms with E-state index in [1.807, 2.05) is 33.3 Å². The Balaban J connectivity index is 5.17. The Morgan fingerprint density at radius 1 is 0.443 bits per heavy atom. The number of unbranched alkanes of at least 4 members (excludes halogenated alkanes) is 34. The normalized spacial score (nSPS) is 14.1. The monoisotopic (exact) mass is 1130 g/mol. The molecule has 3 unspecified atom stereocenters. The molecule has 0 heterocycles. The van der Waals surface area contributed by atoms with Crippen molar-refractivity contribution in [2.75, 3.05) is 40.9 Å². The molecule has 0 aliphatic rings. The van der Waals surface area contributed by atoms with E-state index in [0.29, 0.717) is 17.4 Å². The van der Waals surface area contributed by atoms with Gasteiger partial charge in [-0.25, -0.2) is 0 Å². The average Bonchev–Trinajstić information content (AvgIpc) is 3.41. The predicted molar refractivity (Wildman–Crippen MR) is 339 cm³/mol. The molecule has 0 aromatic carbocycles. The van der Waals surface area contributed by atoms with Crippen molar-refractivity contribution in [3.63, 3.8) is 0 Å². The van der Waals surface area contributed by atoms with E-state index < -0.39 is 26.6 Å². The molecular weight excluding hydrogens is 1000 g/mol. The highest BCUT2D eigenvalue weighted by Gasteiger charge is 2.27. The smallest absolute Gasteiger partial charge is 0.306 e. The van der Waals surface area contributed by atoms with Crippen molar-refractivity contribution in [3.05, 3.63) is 72.9 Å². The minimum Gasteiger partial charge on any atom is -0.756 e. The first kappa shape index (κ1) is 76.5. The maximum absolute atomic E-state index is 13.5. The molecule has 0 radical (unpaired) electrons. The molecule has 1 amide bonds. The number of carbonyl (C=O) groups is 2. The number of hydrogen-bond donors (Lipinski definition) is 1. The molecule has 0 spiro atoms. The minimum absolute atomic E-state index is 0.0256. The molecule has 79 heavy (non-hydrogen) atoms. The number of rotatable bonds is 60. The fourth-order valence-electron chi connectivity index (χ4n) is 9.44. The number of nitrogens with zero attached hydrogens (tertiary/aromatic N) is 1. The Bertz CT molecular complexity index is 1580. The Kier molecular flexibility index (Phi) is 56.7. The lowest BCUT2D eigenvalue weighted by Gasteiger charge is -2.30. The molecule has 0 rings (SSSR count). The average molecular weight is 1130 g/mol. The maximum Gasteiger partial charge on any atom is 0.306 e. The molecule has 460 valence electrons. The number of carbonyl (C=O) groups excluding carboxylic acids is 2. The summed E-state index contributed by atoms with van der Waals surface area (Å²) in [6.45, 7) is 6.82. The molecule has 0 aromatic rings. The number of esters is 1. The van der Waals surface area contributed by atoms with Gasteiger partial charge in [-0.1, -0.05) is 261 Å². The quantitative estimate of drug-likeness (QED) is 0.0212. The van der Waals surface area contributed by atoms with Gasteiger partial charge < -0.3 is 28.5 Å². The fourth-order valence-corrected chi connectivity index (χ4v) is 10.2. The molecule has 9 nitrogen and oxygen atoms in total. The van der Waals surface area contributed by atoms with E-state index in [1.165, 1.54) is 167 Å². The van der Waals surface area contributed by atoms with E-state index in [2.05, 4.69) is 86.8 Å². The minimum atomic E-state index is -4.70. The van der Waals surface area contributed by atoms with E-state index in [4.69, 9.17) is 13.8 Å². The summed E-state index contributed by atoms with van der Waals surface area (Å²) in [5.41, 5.74) is 0. The Morgan fingerprint density at radius 2 is 0.772 bits per heavy atom. The van der Waals surface area contributed by atoms with E-state index in [9.17, 15) is 19.0 Å². The molecule has 1 N–H and O–H groups in total. The van der Waals surface area contributed by atoms with Crippen LogP contribution in [0.25, 0.3) is 0 Å². The highest BCUT2D eigenvalue weighted by atomic mass is 31.2. The Hall–Kier alpha value is -2.55. The van der Waals surface area contributed by atoms with Crippen LogP contribution in [0, 0.1) is 0 Å². The summed E-state index contributed by atoms with van der Waals surface area (Å²) in [6.07, 6.45) is 75.8. The highest BCUT2D eigenvalue weighted by molar-refractivity contribution is 7.45. The number of hydrogen-bond acceptors (Lipinski definition) is 7. The zero-order valence-corrected chi connectivity index (χ0v) is 53.5. The SMILES string of the molecule is CCCCC/C=C\C/C=C\C/C=C\C/C=C\CCCCCCCCCCCC(=O)OC(/C=C\CCCCCCCCCCCCC)C(COP(=O)([O-])OCC[N+](C)(C)C)NC(=O)CCCCCCCCC/C=C\CCCCCC. The first-order chi connectivity index (χ1) is 38.4. The summed E-state index contributed by atoms with van der Waals surface area (Å²) >= 11 is 0. The van der Waals surface area contributed by atoms with Crippen LogP contribution in [0.15, 0.2) is 72.9 Å². The van der Waals surface area contributed by atoms with Gasteiger partial charge in [0.1, 0.15) is 19.3 Å². The second kappa shape index (κ2) is 58.6. The van der Waals surface area contributed by atoms with E-state index in [-0.39, 0.29) is 24.9 Å². The largest absolute Gasteiger partial charge is 0.756 e. The number of phosphoric acid groups is 1. The van der Waals surface area contributed by atoms with Gasteiger partial charge in [0.05, 0.1) is 33.8 Å². The summed E-state index contributed by atoms with van der Waals surface area (Å²) < 4.78 is 30.4. The molecule has 3 atom stereocenters. The number of allylic oxidation sites excluding steroid dienone is 11. The summed E-state index contributed by atoms with van der Waals surface area (Å²) in [4.78, 5) is 40.1. The van der Waals surface area contributed by atoms with Gasteiger partial charge in [0, 0.05) is 12.8 Å². The summed E-state index contributed by atoms with van der Waals surface area (Å²) in [7, 11) is 1.18. The number of amides is 1. The zero-order valence-electron chi connectivity index (χ0n) is 52.6. The topological polar surface area (TPSA) is 114 Å². The third-order valence-corrected chi connectivity index (χ3v) is 15.6. The number of nitrogens with one attached hydrogen (secondary N) is 1. The third-order valence-electron chi connectivity index (χ3n) is 14.6. The van der Waals surface area contributed by atoms with Crippen LogP contribution < -0.4 is 10.2 Å². The number of phosphoric ester groups is 1. The lowest BCUT2D eigenvalue weighted by Crippen LogP contribution is -2.47. The van der Waals surface area contributed by atoms with Gasteiger partial charge in [-0.05, 0) is 102 Å². The second-order valence-electron chi connectivity index (χ2n) is 23.6. The zero-order chi connectivity index (χ0) is 57.9. The first-order valence-corrected chi connectivity index (χ1v) is 34.7. The molecule has 0 bridgehead atoms. The van der Waals surface area contributed by atoms with E-state index >= 15 is 0 Å². The third kappa shape index (κ3) is 59.9. The van der Waals surface area contributed by atoms with Gasteiger partial charge in [0.25, 0.3) is 7.82 Å². The van der Waals surface area contributed by atoms with Gasteiger partial charge in [-0.2, -0.15) is 0 Å². The van der Waals surface area contributed by atoms with Crippen molar-refractivity contribution in [1.82, 2.24) is 5.32 Å². The van der Waals surface area contributed by atoms with Crippen molar-refractivity contribution in [2.45, 2.75) is 315 Å². The molecular formula is C69H127N2O7P. The van der Waals surface area contributed by atoms with E-state index in [1.54, 1.807) is 0 Å². The Labute approximate surface area is 489 Å². The molecule has 10 heteroatoms. The number of ether oxygens (including phenoxy) is 1. The van der Waals surface area contributed by atoms with E-state index in [0.717, 1.165) is 103 Å². The van der Waals surface area contributed by atoms with Gasteiger partial charge in [-0.3, -0.25) is 14.2 Å². The van der Waals surface area contributed by atoms with Crippen molar-refractivity contribution < 1.29 is 37.3 Å². The van der Waals surface area contributed by atoms with Gasteiger partial charge in [-0.15, -0.1) is 0 Å². The second-order valence-corrected chi connectivity index (χ2v) is 25.0. The number of likely N-dealkylation sites (N-methyl/N-ethyl adjacent to an activating group) is 1. The van der Waals surface area contributed by atoms with Crippen LogP contribution in [0.5, 0.6) is 0 Å². The van der Waals surface area contributed by atoms with Crippen LogP contribution in [-0.4, -0.2) is 69.4 Å². The molecule has 0 fully saturated rings. The fraction of sp³-hybridized carbons (Fsp3) is 0.797. The van der Waals surface area contributed by atoms with Crippen LogP contribution in [0.3, 0.4) is 0 Å². The predicted octanol–water partition coefficient (Wildman–Crippen LogP) is 20.2. The standard InChI is InChI=1S/C69H127N2O7P/c1-7-10-13-16-19-22-25-28-30-31-32-33-34-35-36-37-38-39-41-44-47-50-53-56-59-62-69(73)78-67(60-57-54-51-48-45-42-27-24-21-18-15-12-9-3)66(65-77-79(74,75)76-64-63-71(4,5)6)70-68(72)61-58-55-52-49-46-43-40-29-26-23-20-17-14-11-8-2/h19,22-23,26,28,30,32-33,35-36,57,60,66-67H,7-18,20-21,24-25,27,29,31,34,37-56,58-59,61-65H2,1-6H3,(H-,70,72,74,75)/b22-19-,26-23-,30-28-,33-32-,36-35-,60-57-. The molecule has 0 saturated heterocycles. The first-order valence-electron chi connectivity index (χ1n) is 33.2. The van der Waals surface area contributed by atoms with Crippen LogP contribution in [0.2, 0.25) is 0 Å². The van der Waals surface area contributed by atoms with Gasteiger partial charge in [0.2, 0.25) is 5.91 Å². The molecule has 0 aliphatic heterocycles. The van der Waals surface area contributed by atoms with Crippen molar-refractivity contribution in [2.24, 2.45) is 0 Å². The molecule has 0 aliphatic carbocycles. The van der Waals surface area contributed by atoms with Gasteiger partial charge in [0.15, 0.2) is 0 Å². The van der Waals surface area contributed by atoms with Crippen LogP contribution >= 0.6 is 7.82 Å². The van der Waals surface area contributed by atoms with Crippen molar-refractivity contribution in [3.8, 4) is 0 Å². The van der Waals surface area contributed by atoms with Crippen LogP contribution in [0.1, 0.15) is 303 Å². The van der Waals surface area contributed by atoms with Crippen LogP contribution in [0.4, 0.5) is 0 Å². The maximum atomic E-state index is 13.5. The number of quaternary nitrogens is 1. The van der Waals surface area contributed by atoms with Crippen molar-refractivity contribution in [1.29, 1.82) is 0 Å². The Morgan fingerprint density at radius 3 is 1.20 bits per heavy atom. The summed E-state index contributed by atoms with van der Waals surface area (Å²) in [5.74, 6) is -0.547. The summed E-state index contributed by atoms with van der Waals surface area (Å²) in [6, 6.07) is -0.895. The highest BCUT2D eigenvalue weighted by Crippen LogP contribution is 2.38. The van der Waals surface area contributed by atoms with Gasteiger partial charge >= 0.3 is 5.97 Å². The molecule has 0 aromatic heterocycles. The van der Waals surface area contributed by atoms with Crippen molar-refractivity contribution >= 4 is 19.7 Å². The lowest BCUT2D eigenvalue weighted by atomic mass is 10.0. The summed E-state index contributed by atoms with van der Waals surface area (Å²) in [5, 5.41) is 3.03.